The van der Waals surface area contributed by atoms with Crippen molar-refractivity contribution >= 4 is 106 Å². The van der Waals surface area contributed by atoms with Crippen LogP contribution in [-0.4, -0.2) is 11.1 Å². The smallest absolute Gasteiger partial charge is 0.257 e. The van der Waals surface area contributed by atoms with E-state index in [2.05, 4.69) is 245 Å². The second-order valence-electron chi connectivity index (χ2n) is 25.5. The molecule has 0 radical (unpaired) electrons. The van der Waals surface area contributed by atoms with Gasteiger partial charge in [-0.05, 0) is 126 Å². The van der Waals surface area contributed by atoms with Gasteiger partial charge in [-0.3, -0.25) is 4.90 Å². The minimum Gasteiger partial charge on any atom is -0.440 e. The van der Waals surface area contributed by atoms with Crippen LogP contribution in [-0.2, 0) is 27.1 Å². The topological polar surface area (TPSA) is 24.0 Å². The zero-order chi connectivity index (χ0) is 48.6. The minimum absolute atomic E-state index is 0.00511. The van der Waals surface area contributed by atoms with Crippen LogP contribution in [0, 0.1) is 0 Å². The molecule has 4 nitrogen and oxygen atoms in total. The van der Waals surface area contributed by atoms with Crippen molar-refractivity contribution in [3.8, 4) is 0 Å². The molecule has 0 N–H and O–H groups in total. The Morgan fingerprint density at radius 1 is 0.406 bits per heavy atom. The summed E-state index contributed by atoms with van der Waals surface area (Å²) in [5.74, 6) is 0.895. The maximum absolute atomic E-state index is 7.39. The van der Waals surface area contributed by atoms with Crippen LogP contribution in [0.25, 0.3) is 49.1 Å². The fraction of sp³-hybridized carbons (Fsp3) is 0.312. The molecule has 3 aromatic heterocycles. The second-order valence-corrected chi connectivity index (χ2v) is 25.5. The number of furan rings is 1. The van der Waals surface area contributed by atoms with Crippen LogP contribution in [0.1, 0.15) is 132 Å². The van der Waals surface area contributed by atoms with Gasteiger partial charge in [-0.1, -0.05) is 171 Å². The molecule has 5 heteroatoms. The third-order valence-corrected chi connectivity index (χ3v) is 15.7. The molecule has 5 heterocycles. The summed E-state index contributed by atoms with van der Waals surface area (Å²) in [6, 6.07) is 49.5. The standard InChI is InChI=1S/C64H66BN3O/c1-60(2,3)37-20-27-42(28-21-37)66-50-33-26-41(64(13,14)15)36-47(50)65-54-44-18-16-17-19-51(44)69-59(54)67(43-29-22-38(23-30-43)61(4,5)6)58-53-46-35-40(63(10,11)12)25-32-49(46)68-48-31-24-39(62(7,8)9)34-45(48)52(56(53)68)57(66)55(58)65/h16-36H,1-15H3. The van der Waals surface area contributed by atoms with Gasteiger partial charge in [0.2, 0.25) is 5.88 Å². The van der Waals surface area contributed by atoms with Crippen LogP contribution >= 0.6 is 0 Å². The Morgan fingerprint density at radius 3 is 1.35 bits per heavy atom. The van der Waals surface area contributed by atoms with E-state index in [1.54, 1.807) is 0 Å². The van der Waals surface area contributed by atoms with E-state index in [1.807, 2.05) is 0 Å². The van der Waals surface area contributed by atoms with Gasteiger partial charge in [0.05, 0.1) is 27.9 Å². The Kier molecular flexibility index (Phi) is 8.94. The Hall–Kier alpha value is -6.46. The summed E-state index contributed by atoms with van der Waals surface area (Å²) < 4.78 is 9.99. The van der Waals surface area contributed by atoms with E-state index in [4.69, 9.17) is 4.42 Å². The van der Waals surface area contributed by atoms with Crippen molar-refractivity contribution in [2.24, 2.45) is 0 Å². The Labute approximate surface area is 409 Å². The van der Waals surface area contributed by atoms with Gasteiger partial charge in [0, 0.05) is 49.5 Å². The first-order valence-corrected chi connectivity index (χ1v) is 25.2. The average molecular weight is 904 g/mol. The number of anilines is 6. The van der Waals surface area contributed by atoms with Crippen molar-refractivity contribution < 1.29 is 4.42 Å². The van der Waals surface area contributed by atoms with Gasteiger partial charge in [-0.2, -0.15) is 0 Å². The largest absolute Gasteiger partial charge is 0.440 e. The van der Waals surface area contributed by atoms with E-state index >= 15 is 0 Å². The van der Waals surface area contributed by atoms with Crippen LogP contribution in [0.4, 0.5) is 34.3 Å². The maximum Gasteiger partial charge on any atom is 0.257 e. The molecule has 12 rings (SSSR count). The molecule has 69 heavy (non-hydrogen) atoms. The third-order valence-electron chi connectivity index (χ3n) is 15.7. The molecule has 2 aliphatic rings. The number of rotatable bonds is 2. The zero-order valence-electron chi connectivity index (χ0n) is 43.5. The molecule has 0 saturated carbocycles. The summed E-state index contributed by atoms with van der Waals surface area (Å²) in [5.41, 5.74) is 20.8. The van der Waals surface area contributed by atoms with Gasteiger partial charge in [-0.15, -0.1) is 0 Å². The number of para-hydroxylation sites is 1. The number of fused-ring (bicyclic) bond motifs is 14. The van der Waals surface area contributed by atoms with Crippen LogP contribution in [0.2, 0.25) is 0 Å². The van der Waals surface area contributed by atoms with E-state index in [0.29, 0.717) is 0 Å². The number of benzene rings is 7. The highest BCUT2D eigenvalue weighted by Crippen LogP contribution is 2.56. The van der Waals surface area contributed by atoms with Gasteiger partial charge in [0.25, 0.3) is 6.71 Å². The van der Waals surface area contributed by atoms with E-state index in [-0.39, 0.29) is 33.8 Å². The summed E-state index contributed by atoms with van der Waals surface area (Å²) in [6.07, 6.45) is 0. The molecule has 0 fully saturated rings. The molecule has 0 unspecified atom stereocenters. The number of hydrogen-bond acceptors (Lipinski definition) is 3. The average Bonchev–Trinajstić information content (AvgIpc) is 3.94. The summed E-state index contributed by atoms with van der Waals surface area (Å²) in [4.78, 5) is 5.17. The van der Waals surface area contributed by atoms with Gasteiger partial charge in [0.15, 0.2) is 0 Å². The van der Waals surface area contributed by atoms with Crippen LogP contribution < -0.4 is 26.2 Å². The highest BCUT2D eigenvalue weighted by molar-refractivity contribution is 7.02. The number of aromatic nitrogens is 1. The third kappa shape index (κ3) is 6.34. The molecule has 0 bridgehead atoms. The van der Waals surface area contributed by atoms with E-state index in [9.17, 15) is 0 Å². The van der Waals surface area contributed by atoms with Gasteiger partial charge in [0.1, 0.15) is 5.58 Å². The van der Waals surface area contributed by atoms with Gasteiger partial charge in [-0.25, -0.2) is 0 Å². The first-order chi connectivity index (χ1) is 32.4. The fourth-order valence-electron chi connectivity index (χ4n) is 11.7. The number of hydrogen-bond donors (Lipinski definition) is 0. The summed E-state index contributed by atoms with van der Waals surface area (Å²) >= 11 is 0. The van der Waals surface area contributed by atoms with Crippen LogP contribution in [0.5, 0.6) is 0 Å². The lowest BCUT2D eigenvalue weighted by Gasteiger charge is -2.44. The monoisotopic (exact) mass is 904 g/mol. The molecular formula is C64H66BN3O. The summed E-state index contributed by atoms with van der Waals surface area (Å²) in [5, 5.41) is 6.29. The highest BCUT2D eigenvalue weighted by Gasteiger charge is 2.49. The molecule has 346 valence electrons. The van der Waals surface area contributed by atoms with Crippen LogP contribution in [0.3, 0.4) is 0 Å². The quantitative estimate of drug-likeness (QED) is 0.162. The Bertz CT molecular complexity index is 3740. The first kappa shape index (κ1) is 43.8. The van der Waals surface area contributed by atoms with Crippen molar-refractivity contribution in [2.75, 3.05) is 9.80 Å². The summed E-state index contributed by atoms with van der Waals surface area (Å²) in [6.45, 7) is 34.8. The van der Waals surface area contributed by atoms with E-state index < -0.39 is 0 Å². The van der Waals surface area contributed by atoms with Gasteiger partial charge >= 0.3 is 0 Å². The number of nitrogens with zero attached hydrogens (tertiary/aromatic N) is 3. The molecule has 2 aliphatic heterocycles. The SMILES string of the molecule is CC(C)(C)c1ccc(N2c3ccc(C(C)(C)C)cc3B3c4c2c2c5cc(C(C)(C)C)ccc5n5c6ccc(C(C)(C)C)cc6c(c4N(c4ccc(C(C)(C)C)cc4)c4oc6ccccc6c43)c25)cc1. The first-order valence-electron chi connectivity index (χ1n) is 25.2. The molecule has 7 aromatic carbocycles. The van der Waals surface area contributed by atoms with Gasteiger partial charge < -0.3 is 13.7 Å². The predicted octanol–water partition coefficient (Wildman–Crippen LogP) is 16.2. The maximum atomic E-state index is 7.39. The highest BCUT2D eigenvalue weighted by atomic mass is 16.4. The zero-order valence-corrected chi connectivity index (χ0v) is 43.5. The minimum atomic E-state index is -0.138. The molecular weight excluding hydrogens is 838 g/mol. The summed E-state index contributed by atoms with van der Waals surface area (Å²) in [7, 11) is 0. The lowest BCUT2D eigenvalue weighted by Crippen LogP contribution is -2.61. The lowest BCUT2D eigenvalue weighted by atomic mass is 9.33. The molecule has 0 saturated heterocycles. The fourth-order valence-corrected chi connectivity index (χ4v) is 11.7. The molecule has 0 amide bonds. The Morgan fingerprint density at radius 2 is 0.841 bits per heavy atom. The normalized spacial score (nSPS) is 14.5. The molecule has 0 aliphatic carbocycles. The van der Waals surface area contributed by atoms with E-state index in [1.165, 1.54) is 99.4 Å². The molecule has 0 atom stereocenters. The molecule has 0 spiro atoms. The van der Waals surface area contributed by atoms with Crippen molar-refractivity contribution in [1.29, 1.82) is 0 Å². The van der Waals surface area contributed by atoms with Crippen molar-refractivity contribution in [3.05, 3.63) is 155 Å². The van der Waals surface area contributed by atoms with Crippen molar-refractivity contribution in [2.45, 2.75) is 131 Å². The van der Waals surface area contributed by atoms with E-state index in [0.717, 1.165) is 28.2 Å². The van der Waals surface area contributed by atoms with Crippen LogP contribution in [0.15, 0.2) is 132 Å². The second kappa shape index (κ2) is 14.1. The van der Waals surface area contributed by atoms with Crippen molar-refractivity contribution in [1.82, 2.24) is 4.40 Å². The predicted molar refractivity (Wildman–Crippen MR) is 298 cm³/mol. The Balaban J connectivity index is 1.36. The van der Waals surface area contributed by atoms with Crippen molar-refractivity contribution in [3.63, 3.8) is 0 Å². The lowest BCUT2D eigenvalue weighted by molar-refractivity contribution is 0.590. The molecule has 10 aromatic rings.